The Morgan fingerprint density at radius 1 is 1.07 bits per heavy atom. The van der Waals surface area contributed by atoms with Gasteiger partial charge in [-0.15, -0.1) is 11.3 Å². The number of halogens is 2. The molecule has 4 rings (SSSR count). The fourth-order valence-corrected chi connectivity index (χ4v) is 3.27. The third-order valence-electron chi connectivity index (χ3n) is 4.00. The summed E-state index contributed by atoms with van der Waals surface area (Å²) < 4.78 is 31.8. The first-order valence-electron chi connectivity index (χ1n) is 8.31. The Hall–Kier alpha value is -3.39. The second-order valence-electron chi connectivity index (χ2n) is 5.91. The first-order valence-corrected chi connectivity index (χ1v) is 9.19. The van der Waals surface area contributed by atoms with Crippen LogP contribution in [0.15, 0.2) is 64.5 Å². The number of benzene rings is 2. The number of carbonyl (C=O) groups excluding carboxylic acids is 1. The molecule has 0 unspecified atom stereocenters. The molecule has 140 valence electrons. The van der Waals surface area contributed by atoms with Gasteiger partial charge in [-0.3, -0.25) is 4.79 Å². The molecule has 0 aliphatic carbocycles. The Kier molecular flexibility index (Phi) is 4.94. The zero-order valence-electron chi connectivity index (χ0n) is 14.4. The minimum Gasteiger partial charge on any atom is -0.339 e. The fraction of sp³-hybridized carbons (Fsp3) is 0.0500. The largest absolute Gasteiger partial charge is 0.339 e. The molecule has 0 bridgehead atoms. The summed E-state index contributed by atoms with van der Waals surface area (Å²) in [7, 11) is 0. The molecule has 5 nitrogen and oxygen atoms in total. The van der Waals surface area contributed by atoms with Crippen LogP contribution < -0.4 is 5.32 Å². The van der Waals surface area contributed by atoms with Gasteiger partial charge >= 0.3 is 0 Å². The highest BCUT2D eigenvalue weighted by Gasteiger charge is 2.15. The molecule has 2 heterocycles. The van der Waals surface area contributed by atoms with Crippen LogP contribution in [-0.4, -0.2) is 16.0 Å². The molecule has 0 saturated heterocycles. The molecule has 8 heteroatoms. The Morgan fingerprint density at radius 3 is 2.71 bits per heavy atom. The Bertz CT molecular complexity index is 1130. The number of nitrogens with zero attached hydrogens (tertiary/aromatic N) is 2. The van der Waals surface area contributed by atoms with Crippen LogP contribution in [0.2, 0.25) is 0 Å². The molecule has 0 aliphatic heterocycles. The van der Waals surface area contributed by atoms with Gasteiger partial charge < -0.3 is 9.84 Å². The molecule has 4 aromatic rings. The van der Waals surface area contributed by atoms with E-state index in [1.807, 2.05) is 29.6 Å². The lowest BCUT2D eigenvalue weighted by molar-refractivity contribution is 0.102. The van der Waals surface area contributed by atoms with Gasteiger partial charge in [0.25, 0.3) is 5.91 Å². The number of amides is 1. The zero-order valence-corrected chi connectivity index (χ0v) is 15.2. The highest BCUT2D eigenvalue weighted by molar-refractivity contribution is 7.13. The summed E-state index contributed by atoms with van der Waals surface area (Å²) in [5, 5.41) is 8.61. The Labute approximate surface area is 162 Å². The molecule has 0 radical (unpaired) electrons. The first-order chi connectivity index (χ1) is 13.6. The molecule has 1 N–H and O–H groups in total. The number of hydrogen-bond donors (Lipinski definition) is 1. The minimum atomic E-state index is -1.08. The topological polar surface area (TPSA) is 68.0 Å². The normalized spacial score (nSPS) is 10.8. The summed E-state index contributed by atoms with van der Waals surface area (Å²) in [6, 6.07) is 13.9. The van der Waals surface area contributed by atoms with Crippen molar-refractivity contribution in [1.82, 2.24) is 10.1 Å². The van der Waals surface area contributed by atoms with Gasteiger partial charge in [-0.2, -0.15) is 4.98 Å². The SMILES string of the molecule is O=C(Nc1ccccc1Cc1nc(-c2cccs2)no1)c1ccc(F)c(F)c1. The van der Waals surface area contributed by atoms with E-state index in [0.717, 1.165) is 22.6 Å². The minimum absolute atomic E-state index is 0.0199. The lowest BCUT2D eigenvalue weighted by Crippen LogP contribution is -2.14. The van der Waals surface area contributed by atoms with Crippen LogP contribution in [0.4, 0.5) is 14.5 Å². The van der Waals surface area contributed by atoms with E-state index >= 15 is 0 Å². The number of rotatable bonds is 5. The molecule has 0 aliphatic rings. The van der Waals surface area contributed by atoms with Crippen LogP contribution in [-0.2, 0) is 6.42 Å². The zero-order chi connectivity index (χ0) is 19.5. The molecule has 0 saturated carbocycles. The summed E-state index contributed by atoms with van der Waals surface area (Å²) in [5.74, 6) is -1.72. The predicted molar refractivity (Wildman–Crippen MR) is 101 cm³/mol. The van der Waals surface area contributed by atoms with Crippen LogP contribution in [0.1, 0.15) is 21.8 Å². The van der Waals surface area contributed by atoms with Crippen LogP contribution in [0.3, 0.4) is 0 Å². The van der Waals surface area contributed by atoms with E-state index in [1.165, 1.54) is 17.4 Å². The van der Waals surface area contributed by atoms with Gasteiger partial charge in [0.1, 0.15) is 0 Å². The van der Waals surface area contributed by atoms with Crippen LogP contribution >= 0.6 is 11.3 Å². The van der Waals surface area contributed by atoms with Gasteiger partial charge in [0.05, 0.1) is 11.3 Å². The van der Waals surface area contributed by atoms with Gasteiger partial charge in [-0.05, 0) is 41.3 Å². The molecule has 0 spiro atoms. The van der Waals surface area contributed by atoms with E-state index in [9.17, 15) is 13.6 Å². The quantitative estimate of drug-likeness (QED) is 0.519. The van der Waals surface area contributed by atoms with Gasteiger partial charge in [0, 0.05) is 11.3 Å². The second-order valence-corrected chi connectivity index (χ2v) is 6.85. The van der Waals surface area contributed by atoms with Crippen molar-refractivity contribution in [1.29, 1.82) is 0 Å². The summed E-state index contributed by atoms with van der Waals surface area (Å²) in [4.78, 5) is 17.7. The predicted octanol–water partition coefficient (Wildman–Crippen LogP) is 4.92. The number of thiophene rings is 1. The maximum Gasteiger partial charge on any atom is 0.255 e. The average Bonchev–Trinajstić information content (AvgIpc) is 3.37. The van der Waals surface area contributed by atoms with Gasteiger partial charge in [0.15, 0.2) is 11.6 Å². The number of nitrogens with one attached hydrogen (secondary N) is 1. The summed E-state index contributed by atoms with van der Waals surface area (Å²) in [5.41, 5.74) is 1.29. The molecule has 2 aromatic carbocycles. The van der Waals surface area contributed by atoms with Crippen molar-refractivity contribution >= 4 is 22.9 Å². The van der Waals surface area contributed by atoms with E-state index in [2.05, 4.69) is 15.5 Å². The van der Waals surface area contributed by atoms with Crippen LogP contribution in [0, 0.1) is 11.6 Å². The molecular weight excluding hydrogens is 384 g/mol. The second kappa shape index (κ2) is 7.69. The standard InChI is InChI=1S/C20H13F2N3O2S/c21-14-8-7-13(10-15(14)22)20(26)23-16-5-2-1-4-12(16)11-18-24-19(25-27-18)17-6-3-9-28-17/h1-10H,11H2,(H,23,26). The van der Waals surface area contributed by atoms with Crippen LogP contribution in [0.5, 0.6) is 0 Å². The molecule has 1 amide bonds. The average molecular weight is 397 g/mol. The lowest BCUT2D eigenvalue weighted by Gasteiger charge is -2.10. The van der Waals surface area contributed by atoms with E-state index in [1.54, 1.807) is 12.1 Å². The highest BCUT2D eigenvalue weighted by atomic mass is 32.1. The summed E-state index contributed by atoms with van der Waals surface area (Å²) >= 11 is 1.51. The summed E-state index contributed by atoms with van der Waals surface area (Å²) in [6.07, 6.45) is 0.312. The van der Waals surface area contributed by atoms with Gasteiger partial charge in [0.2, 0.25) is 11.7 Å². The van der Waals surface area contributed by atoms with E-state index in [0.29, 0.717) is 23.8 Å². The van der Waals surface area contributed by atoms with Gasteiger partial charge in [-0.25, -0.2) is 8.78 Å². The van der Waals surface area contributed by atoms with E-state index in [4.69, 9.17) is 4.52 Å². The smallest absolute Gasteiger partial charge is 0.255 e. The van der Waals surface area contributed by atoms with Crippen molar-refractivity contribution in [3.63, 3.8) is 0 Å². The summed E-state index contributed by atoms with van der Waals surface area (Å²) in [6.45, 7) is 0. The Morgan fingerprint density at radius 2 is 1.93 bits per heavy atom. The van der Waals surface area contributed by atoms with Crippen molar-refractivity contribution < 1.29 is 18.1 Å². The third kappa shape index (κ3) is 3.81. The monoisotopic (exact) mass is 397 g/mol. The Balaban J connectivity index is 1.54. The van der Waals surface area contributed by atoms with Crippen molar-refractivity contribution in [3.05, 3.63) is 88.6 Å². The van der Waals surface area contributed by atoms with Crippen molar-refractivity contribution in [2.45, 2.75) is 6.42 Å². The molecule has 28 heavy (non-hydrogen) atoms. The number of hydrogen-bond acceptors (Lipinski definition) is 5. The molecule has 0 fully saturated rings. The van der Waals surface area contributed by atoms with Crippen molar-refractivity contribution in [2.75, 3.05) is 5.32 Å². The highest BCUT2D eigenvalue weighted by Crippen LogP contribution is 2.24. The number of para-hydroxylation sites is 1. The van der Waals surface area contributed by atoms with Gasteiger partial charge in [-0.1, -0.05) is 29.4 Å². The van der Waals surface area contributed by atoms with Crippen LogP contribution in [0.25, 0.3) is 10.7 Å². The van der Waals surface area contributed by atoms with Crippen molar-refractivity contribution in [2.24, 2.45) is 0 Å². The molecule has 2 aromatic heterocycles. The maximum atomic E-state index is 13.4. The van der Waals surface area contributed by atoms with Crippen molar-refractivity contribution in [3.8, 4) is 10.7 Å². The molecular formula is C20H13F2N3O2S. The maximum absolute atomic E-state index is 13.4. The number of carbonyl (C=O) groups is 1. The third-order valence-corrected chi connectivity index (χ3v) is 4.86. The fourth-order valence-electron chi connectivity index (χ4n) is 2.62. The first kappa shape index (κ1) is 18.0. The number of anilines is 1. The van der Waals surface area contributed by atoms with E-state index < -0.39 is 17.5 Å². The van der Waals surface area contributed by atoms with E-state index in [-0.39, 0.29) is 5.56 Å². The number of aromatic nitrogens is 2. The molecule has 0 atom stereocenters. The lowest BCUT2D eigenvalue weighted by atomic mass is 10.1.